The monoisotopic (exact) mass is 221 g/mol. The van der Waals surface area contributed by atoms with E-state index >= 15 is 0 Å². The van der Waals surface area contributed by atoms with Gasteiger partial charge in [-0.2, -0.15) is 0 Å². The molecule has 1 aliphatic rings. The fraction of sp³-hybridized carbons (Fsp3) is 0.417. The molecule has 0 aliphatic heterocycles. The van der Waals surface area contributed by atoms with Gasteiger partial charge in [-0.1, -0.05) is 5.16 Å². The van der Waals surface area contributed by atoms with Crippen molar-refractivity contribution in [2.45, 2.75) is 25.9 Å². The first-order valence-electron chi connectivity index (χ1n) is 5.36. The van der Waals surface area contributed by atoms with Gasteiger partial charge >= 0.3 is 0 Å². The molecule has 16 heavy (non-hydrogen) atoms. The summed E-state index contributed by atoms with van der Waals surface area (Å²) in [5.41, 5.74) is 2.86. The molecule has 4 nitrogen and oxygen atoms in total. The van der Waals surface area contributed by atoms with Crippen LogP contribution in [0.25, 0.3) is 0 Å². The van der Waals surface area contributed by atoms with Gasteiger partial charge in [-0.05, 0) is 43.5 Å². The van der Waals surface area contributed by atoms with Gasteiger partial charge in [0, 0.05) is 5.56 Å². The summed E-state index contributed by atoms with van der Waals surface area (Å²) in [5, 5.41) is 21.2. The molecule has 2 rings (SSSR count). The Morgan fingerprint density at radius 3 is 2.94 bits per heavy atom. The van der Waals surface area contributed by atoms with E-state index < -0.39 is 6.10 Å². The summed E-state index contributed by atoms with van der Waals surface area (Å²) < 4.78 is 5.41. The molecule has 0 fully saturated rings. The van der Waals surface area contributed by atoms with Crippen molar-refractivity contribution in [1.29, 1.82) is 0 Å². The number of oxime groups is 1. The van der Waals surface area contributed by atoms with Crippen molar-refractivity contribution in [2.24, 2.45) is 5.16 Å². The molecule has 86 valence electrons. The number of nitrogens with zero attached hydrogens (tertiary/aromatic N) is 1. The molecule has 0 aromatic heterocycles. The second-order valence-corrected chi connectivity index (χ2v) is 4.03. The Morgan fingerprint density at radius 2 is 2.25 bits per heavy atom. The highest BCUT2D eigenvalue weighted by molar-refractivity contribution is 6.04. The summed E-state index contributed by atoms with van der Waals surface area (Å²) in [6, 6.07) is 5.67. The number of fused-ring (bicyclic) bond motifs is 1. The number of ether oxygens (including phenoxy) is 1. The van der Waals surface area contributed by atoms with Crippen molar-refractivity contribution in [3.63, 3.8) is 0 Å². The summed E-state index contributed by atoms with van der Waals surface area (Å²) in [6.07, 6.45) is 1.18. The zero-order chi connectivity index (χ0) is 11.5. The van der Waals surface area contributed by atoms with Crippen molar-refractivity contribution in [3.05, 3.63) is 29.3 Å². The molecule has 1 unspecified atom stereocenters. The molecule has 1 atom stereocenters. The normalized spacial score (nSPS) is 18.5. The predicted molar refractivity (Wildman–Crippen MR) is 60.3 cm³/mol. The van der Waals surface area contributed by atoms with Gasteiger partial charge < -0.3 is 15.1 Å². The van der Waals surface area contributed by atoms with Gasteiger partial charge in [0.25, 0.3) is 0 Å². The van der Waals surface area contributed by atoms with Crippen molar-refractivity contribution in [2.75, 3.05) is 6.61 Å². The Morgan fingerprint density at radius 1 is 1.44 bits per heavy atom. The van der Waals surface area contributed by atoms with Gasteiger partial charge in [0.15, 0.2) is 0 Å². The van der Waals surface area contributed by atoms with Crippen LogP contribution < -0.4 is 4.74 Å². The van der Waals surface area contributed by atoms with Gasteiger partial charge in [-0.15, -0.1) is 0 Å². The number of hydrogen-bond donors (Lipinski definition) is 2. The van der Waals surface area contributed by atoms with Crippen LogP contribution in [-0.4, -0.2) is 28.7 Å². The van der Waals surface area contributed by atoms with Gasteiger partial charge in [0.05, 0.1) is 11.8 Å². The number of aliphatic hydroxyl groups is 1. The van der Waals surface area contributed by atoms with E-state index in [2.05, 4.69) is 5.16 Å². The first-order chi connectivity index (χ1) is 7.70. The topological polar surface area (TPSA) is 62.0 Å². The smallest absolute Gasteiger partial charge is 0.119 e. The first-order valence-corrected chi connectivity index (χ1v) is 5.36. The quantitative estimate of drug-likeness (QED) is 0.601. The molecule has 2 N–H and O–H groups in total. The molecule has 1 aliphatic carbocycles. The maximum absolute atomic E-state index is 9.11. The fourth-order valence-corrected chi connectivity index (χ4v) is 1.86. The zero-order valence-electron chi connectivity index (χ0n) is 9.18. The highest BCUT2D eigenvalue weighted by Gasteiger charge is 2.18. The van der Waals surface area contributed by atoms with E-state index in [9.17, 15) is 0 Å². The Bertz CT molecular complexity index is 413. The van der Waals surface area contributed by atoms with Crippen LogP contribution in [0, 0.1) is 0 Å². The van der Waals surface area contributed by atoms with Crippen molar-refractivity contribution < 1.29 is 15.1 Å². The lowest BCUT2D eigenvalue weighted by molar-refractivity contribution is 0.122. The molecule has 1 aromatic carbocycles. The van der Waals surface area contributed by atoms with E-state index in [-0.39, 0.29) is 0 Å². The molecule has 0 saturated carbocycles. The molecule has 0 bridgehead atoms. The zero-order valence-corrected chi connectivity index (χ0v) is 9.18. The number of aryl methyl sites for hydroxylation is 1. The molecule has 0 amide bonds. The Balaban J connectivity index is 2.15. The van der Waals surface area contributed by atoms with Crippen molar-refractivity contribution in [3.8, 4) is 5.75 Å². The molecule has 0 heterocycles. The summed E-state index contributed by atoms with van der Waals surface area (Å²) in [7, 11) is 0. The van der Waals surface area contributed by atoms with Crippen LogP contribution >= 0.6 is 0 Å². The molecule has 1 aromatic rings. The molecule has 0 spiro atoms. The van der Waals surface area contributed by atoms with Crippen LogP contribution in [0.5, 0.6) is 5.75 Å². The van der Waals surface area contributed by atoms with Crippen LogP contribution in [-0.2, 0) is 6.42 Å². The van der Waals surface area contributed by atoms with Gasteiger partial charge in [0.2, 0.25) is 0 Å². The van der Waals surface area contributed by atoms with E-state index in [1.54, 1.807) is 6.92 Å². The van der Waals surface area contributed by atoms with Crippen LogP contribution in [0.3, 0.4) is 0 Å². The Labute approximate surface area is 94.2 Å². The molecular weight excluding hydrogens is 206 g/mol. The minimum Gasteiger partial charge on any atom is -0.491 e. The maximum Gasteiger partial charge on any atom is 0.119 e. The third kappa shape index (κ3) is 2.17. The average molecular weight is 221 g/mol. The third-order valence-electron chi connectivity index (χ3n) is 2.63. The number of aliphatic hydroxyl groups excluding tert-OH is 1. The van der Waals surface area contributed by atoms with Gasteiger partial charge in [0.1, 0.15) is 12.4 Å². The Hall–Kier alpha value is -1.55. The largest absolute Gasteiger partial charge is 0.491 e. The number of rotatable bonds is 3. The van der Waals surface area contributed by atoms with Gasteiger partial charge in [-0.3, -0.25) is 0 Å². The highest BCUT2D eigenvalue weighted by Crippen LogP contribution is 2.26. The maximum atomic E-state index is 9.11. The summed E-state index contributed by atoms with van der Waals surface area (Å²) >= 11 is 0. The van der Waals surface area contributed by atoms with Crippen LogP contribution in [0.1, 0.15) is 24.5 Å². The molecule has 0 saturated heterocycles. The summed E-state index contributed by atoms with van der Waals surface area (Å²) in [5.74, 6) is 0.749. The SMILES string of the molecule is CC(O)COc1ccc2c(c1)CC/C2=N\O. The predicted octanol–water partition coefficient (Wildman–Crippen LogP) is 1.57. The van der Waals surface area contributed by atoms with Crippen LogP contribution in [0.15, 0.2) is 23.4 Å². The number of benzene rings is 1. The second kappa shape index (κ2) is 4.53. The lowest BCUT2D eigenvalue weighted by Gasteiger charge is -2.09. The lowest BCUT2D eigenvalue weighted by Crippen LogP contribution is -2.12. The van der Waals surface area contributed by atoms with E-state index in [4.69, 9.17) is 15.1 Å². The first kappa shape index (κ1) is 11.0. The Kier molecular flexibility index (Phi) is 3.10. The minimum atomic E-state index is -0.470. The lowest BCUT2D eigenvalue weighted by atomic mass is 10.1. The van der Waals surface area contributed by atoms with Crippen LogP contribution in [0.4, 0.5) is 0 Å². The minimum absolute atomic E-state index is 0.291. The van der Waals surface area contributed by atoms with Crippen molar-refractivity contribution in [1.82, 2.24) is 0 Å². The summed E-state index contributed by atoms with van der Waals surface area (Å²) in [4.78, 5) is 0. The van der Waals surface area contributed by atoms with E-state index in [0.29, 0.717) is 6.61 Å². The van der Waals surface area contributed by atoms with E-state index in [1.807, 2.05) is 18.2 Å². The van der Waals surface area contributed by atoms with Gasteiger partial charge in [-0.25, -0.2) is 0 Å². The summed E-state index contributed by atoms with van der Waals surface area (Å²) in [6.45, 7) is 1.98. The second-order valence-electron chi connectivity index (χ2n) is 4.03. The number of hydrogen-bond acceptors (Lipinski definition) is 4. The standard InChI is InChI=1S/C12H15NO3/c1-8(14)7-16-10-3-4-11-9(6-10)2-5-12(11)13-15/h3-4,6,8,14-15H,2,5,7H2,1H3/b13-12+. The van der Waals surface area contributed by atoms with Crippen LogP contribution in [0.2, 0.25) is 0 Å². The molecule has 4 heteroatoms. The average Bonchev–Trinajstić information content (AvgIpc) is 2.68. The highest BCUT2D eigenvalue weighted by atomic mass is 16.5. The van der Waals surface area contributed by atoms with E-state index in [1.165, 1.54) is 0 Å². The fourth-order valence-electron chi connectivity index (χ4n) is 1.86. The van der Waals surface area contributed by atoms with E-state index in [0.717, 1.165) is 35.4 Å². The third-order valence-corrected chi connectivity index (χ3v) is 2.63. The van der Waals surface area contributed by atoms with Crippen molar-refractivity contribution >= 4 is 5.71 Å². The molecular formula is C12H15NO3. The molecule has 0 radical (unpaired) electrons.